The number of amides is 2. The standard InChI is InChI=1S/C23H30ClN5O3/c1-17-3-5-19(6-4-17)15-29-22(24)21(18(2)25-29)23(31)28-9-7-27(8-10-28)20(30)16-26-11-13-32-14-12-26/h3-6H,7-16H2,1-2H3. The maximum atomic E-state index is 13.2. The van der Waals surface area contributed by atoms with E-state index in [-0.39, 0.29) is 11.8 Å². The Hall–Kier alpha value is -2.42. The Morgan fingerprint density at radius 2 is 1.59 bits per heavy atom. The van der Waals surface area contributed by atoms with Crippen LogP contribution in [0.25, 0.3) is 0 Å². The minimum atomic E-state index is -0.122. The van der Waals surface area contributed by atoms with Gasteiger partial charge in [0.05, 0.1) is 37.6 Å². The predicted octanol–water partition coefficient (Wildman–Crippen LogP) is 1.82. The highest BCUT2D eigenvalue weighted by Gasteiger charge is 2.29. The summed E-state index contributed by atoms with van der Waals surface area (Å²) in [5.74, 6) is -0.0120. The van der Waals surface area contributed by atoms with Crippen LogP contribution < -0.4 is 0 Å². The molecule has 0 bridgehead atoms. The number of piperazine rings is 1. The van der Waals surface area contributed by atoms with Crippen molar-refractivity contribution in [2.75, 3.05) is 59.0 Å². The van der Waals surface area contributed by atoms with E-state index in [1.165, 1.54) is 5.56 Å². The van der Waals surface area contributed by atoms with E-state index in [4.69, 9.17) is 16.3 Å². The van der Waals surface area contributed by atoms with Gasteiger partial charge in [-0.3, -0.25) is 14.5 Å². The number of aryl methyl sites for hydroxylation is 2. The molecule has 2 aliphatic heterocycles. The van der Waals surface area contributed by atoms with Gasteiger partial charge in [0.15, 0.2) is 0 Å². The van der Waals surface area contributed by atoms with Gasteiger partial charge in [-0.1, -0.05) is 41.4 Å². The Kier molecular flexibility index (Phi) is 7.13. The van der Waals surface area contributed by atoms with Gasteiger partial charge < -0.3 is 14.5 Å². The molecule has 1 aromatic carbocycles. The minimum Gasteiger partial charge on any atom is -0.379 e. The van der Waals surface area contributed by atoms with Crippen molar-refractivity contribution in [1.29, 1.82) is 0 Å². The molecule has 9 heteroatoms. The molecule has 0 spiro atoms. The lowest BCUT2D eigenvalue weighted by atomic mass is 10.1. The van der Waals surface area contributed by atoms with Crippen molar-refractivity contribution >= 4 is 23.4 Å². The third kappa shape index (κ3) is 5.14. The fourth-order valence-corrected chi connectivity index (χ4v) is 4.45. The number of carbonyl (C=O) groups excluding carboxylic acids is 2. The fraction of sp³-hybridized carbons (Fsp3) is 0.522. The van der Waals surface area contributed by atoms with Gasteiger partial charge >= 0.3 is 0 Å². The van der Waals surface area contributed by atoms with Crippen LogP contribution in [-0.4, -0.2) is 95.3 Å². The average Bonchev–Trinajstić information content (AvgIpc) is 3.08. The zero-order chi connectivity index (χ0) is 22.7. The Bertz CT molecular complexity index is 961. The van der Waals surface area contributed by atoms with Crippen molar-refractivity contribution in [1.82, 2.24) is 24.5 Å². The summed E-state index contributed by atoms with van der Waals surface area (Å²) >= 11 is 6.59. The van der Waals surface area contributed by atoms with Gasteiger partial charge in [-0.05, 0) is 19.4 Å². The molecule has 0 unspecified atom stereocenters. The molecule has 0 radical (unpaired) electrons. The number of aromatic nitrogens is 2. The molecule has 2 aromatic rings. The van der Waals surface area contributed by atoms with Crippen LogP contribution in [-0.2, 0) is 16.1 Å². The van der Waals surface area contributed by atoms with Crippen LogP contribution in [0, 0.1) is 13.8 Å². The van der Waals surface area contributed by atoms with Crippen molar-refractivity contribution in [2.45, 2.75) is 20.4 Å². The number of benzene rings is 1. The van der Waals surface area contributed by atoms with E-state index in [1.807, 2.05) is 43.0 Å². The largest absolute Gasteiger partial charge is 0.379 e. The highest BCUT2D eigenvalue weighted by molar-refractivity contribution is 6.33. The van der Waals surface area contributed by atoms with Crippen LogP contribution in [0.1, 0.15) is 27.2 Å². The SMILES string of the molecule is Cc1ccc(Cn2nc(C)c(C(=O)N3CCN(C(=O)CN4CCOCC4)CC3)c2Cl)cc1. The van der Waals surface area contributed by atoms with Crippen LogP contribution >= 0.6 is 11.6 Å². The van der Waals surface area contributed by atoms with Crippen LogP contribution in [0.5, 0.6) is 0 Å². The molecule has 1 aromatic heterocycles. The van der Waals surface area contributed by atoms with Gasteiger partial charge in [0.1, 0.15) is 5.15 Å². The number of nitrogens with zero attached hydrogens (tertiary/aromatic N) is 5. The molecule has 0 saturated carbocycles. The molecular weight excluding hydrogens is 430 g/mol. The number of carbonyl (C=O) groups is 2. The fourth-order valence-electron chi connectivity index (χ4n) is 4.14. The van der Waals surface area contributed by atoms with Gasteiger partial charge in [0.2, 0.25) is 5.91 Å². The third-order valence-electron chi connectivity index (χ3n) is 6.11. The molecule has 4 rings (SSSR count). The van der Waals surface area contributed by atoms with E-state index in [0.717, 1.165) is 18.7 Å². The van der Waals surface area contributed by atoms with E-state index in [2.05, 4.69) is 10.00 Å². The van der Waals surface area contributed by atoms with Crippen molar-refractivity contribution < 1.29 is 14.3 Å². The van der Waals surface area contributed by atoms with E-state index < -0.39 is 0 Å². The van der Waals surface area contributed by atoms with Crippen LogP contribution in [0.3, 0.4) is 0 Å². The Labute approximate surface area is 193 Å². The Morgan fingerprint density at radius 1 is 0.969 bits per heavy atom. The molecule has 0 aliphatic carbocycles. The van der Waals surface area contributed by atoms with Crippen LogP contribution in [0.4, 0.5) is 0 Å². The molecule has 32 heavy (non-hydrogen) atoms. The molecule has 3 heterocycles. The van der Waals surface area contributed by atoms with E-state index in [1.54, 1.807) is 9.58 Å². The summed E-state index contributed by atoms with van der Waals surface area (Å²) in [6.45, 7) is 9.74. The number of ether oxygens (including phenoxy) is 1. The number of morpholine rings is 1. The van der Waals surface area contributed by atoms with Crippen molar-refractivity contribution in [2.24, 2.45) is 0 Å². The molecule has 2 amide bonds. The summed E-state index contributed by atoms with van der Waals surface area (Å²) in [6.07, 6.45) is 0. The number of hydrogen-bond donors (Lipinski definition) is 0. The van der Waals surface area contributed by atoms with Gasteiger partial charge in [-0.2, -0.15) is 5.10 Å². The van der Waals surface area contributed by atoms with Crippen molar-refractivity contribution in [3.63, 3.8) is 0 Å². The highest BCUT2D eigenvalue weighted by Crippen LogP contribution is 2.23. The Morgan fingerprint density at radius 3 is 2.25 bits per heavy atom. The normalized spacial score (nSPS) is 17.6. The summed E-state index contributed by atoms with van der Waals surface area (Å²) in [4.78, 5) is 31.6. The summed E-state index contributed by atoms with van der Waals surface area (Å²) in [5.41, 5.74) is 3.34. The lowest BCUT2D eigenvalue weighted by molar-refractivity contribution is -0.134. The maximum Gasteiger partial charge on any atom is 0.259 e. The van der Waals surface area contributed by atoms with Crippen molar-refractivity contribution in [3.05, 3.63) is 51.8 Å². The second kappa shape index (κ2) is 10.0. The first-order valence-corrected chi connectivity index (χ1v) is 11.5. The second-order valence-corrected chi connectivity index (χ2v) is 8.81. The molecule has 2 fully saturated rings. The summed E-state index contributed by atoms with van der Waals surface area (Å²) in [6, 6.07) is 8.17. The number of halogens is 1. The smallest absolute Gasteiger partial charge is 0.259 e. The molecule has 2 aliphatic rings. The summed E-state index contributed by atoms with van der Waals surface area (Å²) < 4.78 is 7.02. The molecular formula is C23H30ClN5O3. The van der Waals surface area contributed by atoms with Gasteiger partial charge in [-0.15, -0.1) is 0 Å². The average molecular weight is 460 g/mol. The van der Waals surface area contributed by atoms with E-state index in [9.17, 15) is 9.59 Å². The second-order valence-electron chi connectivity index (χ2n) is 8.46. The van der Waals surface area contributed by atoms with Crippen LogP contribution in [0.2, 0.25) is 5.15 Å². The summed E-state index contributed by atoms with van der Waals surface area (Å²) in [7, 11) is 0. The molecule has 0 N–H and O–H groups in total. The van der Waals surface area contributed by atoms with E-state index in [0.29, 0.717) is 68.9 Å². The molecule has 2 saturated heterocycles. The minimum absolute atomic E-state index is 0.110. The summed E-state index contributed by atoms with van der Waals surface area (Å²) in [5, 5.41) is 4.87. The van der Waals surface area contributed by atoms with Crippen molar-refractivity contribution in [3.8, 4) is 0 Å². The maximum absolute atomic E-state index is 13.2. The lowest BCUT2D eigenvalue weighted by Crippen LogP contribution is -2.53. The quantitative estimate of drug-likeness (QED) is 0.682. The molecule has 0 atom stereocenters. The zero-order valence-corrected chi connectivity index (χ0v) is 19.5. The first-order valence-electron chi connectivity index (χ1n) is 11.1. The van der Waals surface area contributed by atoms with E-state index >= 15 is 0 Å². The first-order chi connectivity index (χ1) is 15.4. The zero-order valence-electron chi connectivity index (χ0n) is 18.7. The number of hydrogen-bond acceptors (Lipinski definition) is 5. The monoisotopic (exact) mass is 459 g/mol. The number of rotatable bonds is 5. The van der Waals surface area contributed by atoms with Gasteiger partial charge in [-0.25, -0.2) is 4.68 Å². The first kappa shape index (κ1) is 22.8. The van der Waals surface area contributed by atoms with Gasteiger partial charge in [0, 0.05) is 39.3 Å². The predicted molar refractivity (Wildman–Crippen MR) is 122 cm³/mol. The highest BCUT2D eigenvalue weighted by atomic mass is 35.5. The van der Waals surface area contributed by atoms with Gasteiger partial charge in [0.25, 0.3) is 5.91 Å². The van der Waals surface area contributed by atoms with Crippen LogP contribution in [0.15, 0.2) is 24.3 Å². The Balaban J connectivity index is 1.36. The molecule has 8 nitrogen and oxygen atoms in total. The lowest BCUT2D eigenvalue weighted by Gasteiger charge is -2.36. The topological polar surface area (TPSA) is 70.9 Å². The third-order valence-corrected chi connectivity index (χ3v) is 6.50. The molecule has 172 valence electrons.